The van der Waals surface area contributed by atoms with E-state index < -0.39 is 26.4 Å². The van der Waals surface area contributed by atoms with Gasteiger partial charge in [-0.3, -0.25) is 9.78 Å². The minimum absolute atomic E-state index is 0.0527. The first-order valence-corrected chi connectivity index (χ1v) is 10.3. The quantitative estimate of drug-likeness (QED) is 0.543. The number of nitrogens with one attached hydrogen (secondary N) is 2. The highest BCUT2D eigenvalue weighted by Crippen LogP contribution is 2.39. The van der Waals surface area contributed by atoms with Gasteiger partial charge in [-0.2, -0.15) is 0 Å². The van der Waals surface area contributed by atoms with Crippen molar-refractivity contribution in [2.75, 3.05) is 5.32 Å². The van der Waals surface area contributed by atoms with Crippen molar-refractivity contribution in [2.24, 2.45) is 0 Å². The molecule has 0 aliphatic heterocycles. The second kappa shape index (κ2) is 7.65. The molecule has 0 aliphatic rings. The van der Waals surface area contributed by atoms with E-state index in [0.717, 1.165) is 5.56 Å². The van der Waals surface area contributed by atoms with Crippen LogP contribution in [0.3, 0.4) is 0 Å². The maximum atomic E-state index is 12.5. The maximum Gasteiger partial charge on any atom is 0.252 e. The van der Waals surface area contributed by atoms with Gasteiger partial charge in [0.05, 0.1) is 21.7 Å². The van der Waals surface area contributed by atoms with Gasteiger partial charge < -0.3 is 10.4 Å². The van der Waals surface area contributed by atoms with Crippen molar-refractivity contribution in [1.82, 2.24) is 9.97 Å². The molecular formula is C19H18ClN3O4S. The van der Waals surface area contributed by atoms with E-state index in [9.17, 15) is 18.3 Å². The van der Waals surface area contributed by atoms with Crippen LogP contribution in [0.15, 0.2) is 58.2 Å². The number of nitrogens with zero attached hydrogens (tertiary/aromatic N) is 1. The molecule has 0 atom stereocenters. The molecule has 2 aromatic carbocycles. The van der Waals surface area contributed by atoms with Crippen molar-refractivity contribution in [3.8, 4) is 17.0 Å². The molecule has 0 radical (unpaired) electrons. The molecule has 3 aromatic rings. The van der Waals surface area contributed by atoms with Gasteiger partial charge in [-0.05, 0) is 26.0 Å². The van der Waals surface area contributed by atoms with E-state index in [4.69, 9.17) is 11.6 Å². The number of sulfone groups is 1. The Kier molecular flexibility index (Phi) is 5.44. The van der Waals surface area contributed by atoms with Gasteiger partial charge >= 0.3 is 0 Å². The molecule has 3 N–H and O–H groups in total. The number of phenolic OH excluding ortho intramolecular Hbond substituents is 1. The summed E-state index contributed by atoms with van der Waals surface area (Å²) in [5.74, 6) is -0.481. The van der Waals surface area contributed by atoms with Crippen molar-refractivity contribution in [1.29, 1.82) is 0 Å². The van der Waals surface area contributed by atoms with E-state index in [1.807, 2.05) is 18.2 Å². The van der Waals surface area contributed by atoms with Gasteiger partial charge in [0.15, 0.2) is 15.6 Å². The molecule has 0 amide bonds. The van der Waals surface area contributed by atoms with Crippen LogP contribution in [0.5, 0.6) is 5.75 Å². The van der Waals surface area contributed by atoms with Crippen molar-refractivity contribution >= 4 is 33.1 Å². The Bertz CT molecular complexity index is 1180. The summed E-state index contributed by atoms with van der Waals surface area (Å²) in [6.45, 7) is 2.99. The average molecular weight is 420 g/mol. The summed E-state index contributed by atoms with van der Waals surface area (Å²) in [6, 6.07) is 13.2. The summed E-state index contributed by atoms with van der Waals surface area (Å²) in [6.07, 6.45) is 0. The third-order valence-corrected chi connectivity index (χ3v) is 6.70. The smallest absolute Gasteiger partial charge is 0.252 e. The average Bonchev–Trinajstić information content (AvgIpc) is 2.64. The normalized spacial score (nSPS) is 11.6. The minimum Gasteiger partial charge on any atom is -0.504 e. The molecule has 1 aromatic heterocycles. The van der Waals surface area contributed by atoms with E-state index in [1.165, 1.54) is 32.0 Å². The molecule has 0 bridgehead atoms. The van der Waals surface area contributed by atoms with E-state index in [2.05, 4.69) is 15.3 Å². The molecule has 0 aliphatic carbocycles. The van der Waals surface area contributed by atoms with Gasteiger partial charge in [-0.1, -0.05) is 41.9 Å². The first kappa shape index (κ1) is 19.9. The van der Waals surface area contributed by atoms with Crippen LogP contribution < -0.4 is 10.9 Å². The van der Waals surface area contributed by atoms with Gasteiger partial charge in [0.2, 0.25) is 5.95 Å². The van der Waals surface area contributed by atoms with Crippen LogP contribution in [0.2, 0.25) is 5.02 Å². The Morgan fingerprint density at radius 1 is 1.14 bits per heavy atom. The standard InChI is InChI=1S/C19H18ClN3O4S/c1-11(2)28(26,27)18-13(20)8-9-14(17(18)25)21-19-22-15(10-16(24)23-19)12-6-4-3-5-7-12/h3-11,25H,1-2H3,(H2,21,22,23,24). The van der Waals surface area contributed by atoms with Crippen LogP contribution in [0.1, 0.15) is 13.8 Å². The van der Waals surface area contributed by atoms with Crippen LogP contribution >= 0.6 is 11.6 Å². The fourth-order valence-electron chi connectivity index (χ4n) is 2.55. The van der Waals surface area contributed by atoms with Crippen molar-refractivity contribution in [3.05, 3.63) is 63.9 Å². The predicted molar refractivity (Wildman–Crippen MR) is 109 cm³/mol. The lowest BCUT2D eigenvalue weighted by Crippen LogP contribution is -2.15. The van der Waals surface area contributed by atoms with Gasteiger partial charge in [-0.25, -0.2) is 13.4 Å². The Labute approximate surface area is 167 Å². The van der Waals surface area contributed by atoms with E-state index >= 15 is 0 Å². The second-order valence-electron chi connectivity index (χ2n) is 6.34. The number of hydrogen-bond donors (Lipinski definition) is 3. The molecule has 7 nitrogen and oxygen atoms in total. The molecule has 146 valence electrons. The van der Waals surface area contributed by atoms with Crippen LogP contribution in [0.4, 0.5) is 11.6 Å². The summed E-state index contributed by atoms with van der Waals surface area (Å²) < 4.78 is 25.1. The molecule has 9 heteroatoms. The van der Waals surface area contributed by atoms with Gasteiger partial charge in [0, 0.05) is 11.6 Å². The number of halogens is 1. The largest absolute Gasteiger partial charge is 0.504 e. The molecule has 0 unspecified atom stereocenters. The third kappa shape index (κ3) is 3.88. The van der Waals surface area contributed by atoms with E-state index in [1.54, 1.807) is 12.1 Å². The lowest BCUT2D eigenvalue weighted by Gasteiger charge is -2.15. The third-order valence-electron chi connectivity index (χ3n) is 4.05. The fourth-order valence-corrected chi connectivity index (χ4v) is 4.22. The number of phenols is 1. The van der Waals surface area contributed by atoms with Crippen molar-refractivity contribution in [3.63, 3.8) is 0 Å². The van der Waals surface area contributed by atoms with Crippen LogP contribution in [-0.4, -0.2) is 28.7 Å². The van der Waals surface area contributed by atoms with Gasteiger partial charge in [0.1, 0.15) is 4.90 Å². The summed E-state index contributed by atoms with van der Waals surface area (Å²) in [4.78, 5) is 18.5. The van der Waals surface area contributed by atoms with Crippen LogP contribution in [-0.2, 0) is 9.84 Å². The monoisotopic (exact) mass is 419 g/mol. The zero-order valence-corrected chi connectivity index (χ0v) is 16.7. The zero-order chi connectivity index (χ0) is 20.5. The Balaban J connectivity index is 2.06. The number of aromatic nitrogens is 2. The van der Waals surface area contributed by atoms with E-state index in [-0.39, 0.29) is 21.6 Å². The lowest BCUT2D eigenvalue weighted by atomic mass is 10.1. The number of hydrogen-bond acceptors (Lipinski definition) is 6. The summed E-state index contributed by atoms with van der Waals surface area (Å²) in [5, 5.41) is 12.4. The molecule has 0 fully saturated rings. The number of anilines is 2. The lowest BCUT2D eigenvalue weighted by molar-refractivity contribution is 0.460. The molecule has 0 saturated heterocycles. The first-order valence-electron chi connectivity index (χ1n) is 8.39. The molecule has 3 rings (SSSR count). The van der Waals surface area contributed by atoms with Crippen LogP contribution in [0.25, 0.3) is 11.3 Å². The highest BCUT2D eigenvalue weighted by Gasteiger charge is 2.28. The Hall–Kier alpha value is -2.84. The number of benzene rings is 2. The van der Waals surface area contributed by atoms with Crippen molar-refractivity contribution < 1.29 is 13.5 Å². The highest BCUT2D eigenvalue weighted by molar-refractivity contribution is 7.92. The molecular weight excluding hydrogens is 402 g/mol. The number of aromatic hydroxyl groups is 1. The Morgan fingerprint density at radius 2 is 1.82 bits per heavy atom. The number of rotatable bonds is 5. The van der Waals surface area contributed by atoms with Crippen molar-refractivity contribution in [2.45, 2.75) is 24.0 Å². The SMILES string of the molecule is CC(C)S(=O)(=O)c1c(Cl)ccc(Nc2nc(-c3ccccc3)cc(=O)[nH]2)c1O. The first-order chi connectivity index (χ1) is 13.2. The summed E-state index contributed by atoms with van der Waals surface area (Å²) in [5.41, 5.74) is 0.812. The predicted octanol–water partition coefficient (Wildman–Crippen LogP) is 3.72. The highest BCUT2D eigenvalue weighted by atomic mass is 35.5. The molecule has 1 heterocycles. The molecule has 28 heavy (non-hydrogen) atoms. The Morgan fingerprint density at radius 3 is 2.46 bits per heavy atom. The summed E-state index contributed by atoms with van der Waals surface area (Å²) >= 11 is 6.02. The fraction of sp³-hybridized carbons (Fsp3) is 0.158. The topological polar surface area (TPSA) is 112 Å². The number of aromatic amines is 1. The minimum atomic E-state index is -3.83. The number of H-pyrrole nitrogens is 1. The van der Waals surface area contributed by atoms with E-state index in [0.29, 0.717) is 5.69 Å². The zero-order valence-electron chi connectivity index (χ0n) is 15.1. The van der Waals surface area contributed by atoms with Crippen LogP contribution in [0, 0.1) is 0 Å². The second-order valence-corrected chi connectivity index (χ2v) is 9.18. The van der Waals surface area contributed by atoms with Gasteiger partial charge in [0.25, 0.3) is 5.56 Å². The molecule has 0 saturated carbocycles. The summed E-state index contributed by atoms with van der Waals surface area (Å²) in [7, 11) is -3.83. The van der Waals surface area contributed by atoms with Gasteiger partial charge in [-0.15, -0.1) is 0 Å². The molecule has 0 spiro atoms. The maximum absolute atomic E-state index is 12.5.